The first-order valence-corrected chi connectivity index (χ1v) is 7.97. The Morgan fingerprint density at radius 1 is 1.19 bits per heavy atom. The average Bonchev–Trinajstić information content (AvgIpc) is 2.66. The number of methoxy groups -OCH3 is 1. The highest BCUT2D eigenvalue weighted by atomic mass is 16.6. The van der Waals surface area contributed by atoms with Gasteiger partial charge in [-0.2, -0.15) is 0 Å². The second kappa shape index (κ2) is 9.18. The number of nitro benzene ring substituents is 1. The van der Waals surface area contributed by atoms with Crippen molar-refractivity contribution in [1.82, 2.24) is 0 Å². The molecule has 0 unspecified atom stereocenters. The first-order chi connectivity index (χ1) is 12.9. The van der Waals surface area contributed by atoms with E-state index in [2.05, 4.69) is 5.32 Å². The highest BCUT2D eigenvalue weighted by molar-refractivity contribution is 5.96. The number of carbonyl (C=O) groups excluding carboxylic acids is 2. The minimum atomic E-state index is -0.859. The Balaban J connectivity index is 1.99. The van der Waals surface area contributed by atoms with Gasteiger partial charge in [0.2, 0.25) is 0 Å². The van der Waals surface area contributed by atoms with Crippen LogP contribution in [-0.2, 0) is 9.53 Å². The van der Waals surface area contributed by atoms with Crippen LogP contribution in [0.25, 0.3) is 0 Å². The number of nitro groups is 1. The van der Waals surface area contributed by atoms with Gasteiger partial charge in [-0.15, -0.1) is 0 Å². The highest BCUT2D eigenvalue weighted by Gasteiger charge is 2.20. The third kappa shape index (κ3) is 5.43. The zero-order valence-electron chi connectivity index (χ0n) is 14.8. The topological polar surface area (TPSA) is 117 Å². The summed E-state index contributed by atoms with van der Waals surface area (Å²) in [4.78, 5) is 34.4. The fourth-order valence-corrected chi connectivity index (χ4v) is 2.18. The molecule has 0 spiro atoms. The molecule has 0 aliphatic rings. The van der Waals surface area contributed by atoms with Crippen molar-refractivity contribution in [3.63, 3.8) is 0 Å². The molecule has 0 aromatic heterocycles. The Bertz CT molecular complexity index is 851. The fraction of sp³-hybridized carbons (Fsp3) is 0.222. The predicted molar refractivity (Wildman–Crippen MR) is 96.2 cm³/mol. The lowest BCUT2D eigenvalue weighted by molar-refractivity contribution is -0.385. The molecule has 0 bridgehead atoms. The van der Waals surface area contributed by atoms with Gasteiger partial charge in [0.25, 0.3) is 5.91 Å². The van der Waals surface area contributed by atoms with Gasteiger partial charge in [0, 0.05) is 17.8 Å². The van der Waals surface area contributed by atoms with Crippen molar-refractivity contribution >= 4 is 23.3 Å². The monoisotopic (exact) mass is 374 g/mol. The van der Waals surface area contributed by atoms with Crippen molar-refractivity contribution in [3.8, 4) is 11.5 Å². The summed E-state index contributed by atoms with van der Waals surface area (Å²) in [5.74, 6) is -0.805. The molecule has 0 fully saturated rings. The van der Waals surface area contributed by atoms with Crippen LogP contribution in [0.3, 0.4) is 0 Å². The van der Waals surface area contributed by atoms with E-state index in [1.54, 1.807) is 31.2 Å². The van der Waals surface area contributed by atoms with Crippen LogP contribution >= 0.6 is 0 Å². The lowest BCUT2D eigenvalue weighted by atomic mass is 10.2. The number of hydrogen-bond donors (Lipinski definition) is 1. The third-order valence-corrected chi connectivity index (χ3v) is 3.38. The molecule has 0 aliphatic carbocycles. The van der Waals surface area contributed by atoms with E-state index in [4.69, 9.17) is 14.2 Å². The standard InChI is InChI=1S/C18H18N2O7/c1-3-26-16-8-7-12(9-15(16)20(23)24)18(22)27-11-17(21)19-13-5-4-6-14(10-13)25-2/h4-10H,3,11H2,1-2H3,(H,19,21). The molecule has 0 heterocycles. The Hall–Kier alpha value is -3.62. The van der Waals surface area contributed by atoms with E-state index in [1.807, 2.05) is 0 Å². The van der Waals surface area contributed by atoms with Crippen molar-refractivity contribution in [2.75, 3.05) is 25.6 Å². The molecular weight excluding hydrogens is 356 g/mol. The second-order valence-corrected chi connectivity index (χ2v) is 5.23. The molecule has 2 aromatic carbocycles. The maximum Gasteiger partial charge on any atom is 0.338 e. The molecule has 0 saturated carbocycles. The van der Waals surface area contributed by atoms with Gasteiger partial charge in [-0.25, -0.2) is 4.79 Å². The zero-order valence-corrected chi connectivity index (χ0v) is 14.8. The smallest absolute Gasteiger partial charge is 0.338 e. The van der Waals surface area contributed by atoms with Crippen LogP contribution < -0.4 is 14.8 Å². The molecule has 142 valence electrons. The van der Waals surface area contributed by atoms with Crippen LogP contribution in [0.4, 0.5) is 11.4 Å². The van der Waals surface area contributed by atoms with Gasteiger partial charge in [-0.3, -0.25) is 14.9 Å². The van der Waals surface area contributed by atoms with E-state index in [9.17, 15) is 19.7 Å². The lowest BCUT2D eigenvalue weighted by Crippen LogP contribution is -2.21. The summed E-state index contributed by atoms with van der Waals surface area (Å²) in [6.07, 6.45) is 0. The summed E-state index contributed by atoms with van der Waals surface area (Å²) >= 11 is 0. The number of esters is 1. The quantitative estimate of drug-likeness (QED) is 0.429. The molecule has 0 radical (unpaired) electrons. The third-order valence-electron chi connectivity index (χ3n) is 3.38. The van der Waals surface area contributed by atoms with E-state index < -0.39 is 23.4 Å². The van der Waals surface area contributed by atoms with E-state index in [0.29, 0.717) is 11.4 Å². The summed E-state index contributed by atoms with van der Waals surface area (Å²) in [5, 5.41) is 13.6. The van der Waals surface area contributed by atoms with Crippen LogP contribution in [0.5, 0.6) is 11.5 Å². The highest BCUT2D eigenvalue weighted by Crippen LogP contribution is 2.28. The predicted octanol–water partition coefficient (Wildman–Crippen LogP) is 2.80. The summed E-state index contributed by atoms with van der Waals surface area (Å²) in [6, 6.07) is 10.4. The summed E-state index contributed by atoms with van der Waals surface area (Å²) in [6.45, 7) is 1.39. The minimum Gasteiger partial charge on any atom is -0.497 e. The average molecular weight is 374 g/mol. The number of nitrogens with one attached hydrogen (secondary N) is 1. The van der Waals surface area contributed by atoms with Gasteiger partial charge in [0.05, 0.1) is 24.2 Å². The summed E-state index contributed by atoms with van der Waals surface area (Å²) in [5.41, 5.74) is 0.0681. The van der Waals surface area contributed by atoms with E-state index in [1.165, 1.54) is 19.2 Å². The van der Waals surface area contributed by atoms with Crippen molar-refractivity contribution in [2.24, 2.45) is 0 Å². The van der Waals surface area contributed by atoms with E-state index in [-0.39, 0.29) is 23.6 Å². The van der Waals surface area contributed by atoms with E-state index in [0.717, 1.165) is 6.07 Å². The Morgan fingerprint density at radius 3 is 2.63 bits per heavy atom. The Kier molecular flexibility index (Phi) is 6.70. The SMILES string of the molecule is CCOc1ccc(C(=O)OCC(=O)Nc2cccc(OC)c2)cc1[N+](=O)[O-]. The number of carbonyl (C=O) groups is 2. The number of hydrogen-bond acceptors (Lipinski definition) is 7. The molecule has 9 heteroatoms. The molecular formula is C18H18N2O7. The van der Waals surface area contributed by atoms with Gasteiger partial charge >= 0.3 is 11.7 Å². The summed E-state index contributed by atoms with van der Waals surface area (Å²) < 4.78 is 15.1. The first-order valence-electron chi connectivity index (χ1n) is 7.97. The molecule has 0 saturated heterocycles. The summed E-state index contributed by atoms with van der Waals surface area (Å²) in [7, 11) is 1.50. The lowest BCUT2D eigenvalue weighted by Gasteiger charge is -2.09. The van der Waals surface area contributed by atoms with Crippen molar-refractivity contribution in [3.05, 3.63) is 58.1 Å². The van der Waals surface area contributed by atoms with Crippen LogP contribution in [0, 0.1) is 10.1 Å². The van der Waals surface area contributed by atoms with Crippen LogP contribution in [0.15, 0.2) is 42.5 Å². The number of amides is 1. The number of anilines is 1. The number of nitrogens with zero attached hydrogens (tertiary/aromatic N) is 1. The molecule has 2 aromatic rings. The maximum absolute atomic E-state index is 12.1. The Morgan fingerprint density at radius 2 is 1.96 bits per heavy atom. The van der Waals surface area contributed by atoms with Crippen LogP contribution in [0.1, 0.15) is 17.3 Å². The number of ether oxygens (including phenoxy) is 3. The van der Waals surface area contributed by atoms with Gasteiger partial charge in [0.1, 0.15) is 5.75 Å². The zero-order chi connectivity index (χ0) is 19.8. The molecule has 0 atom stereocenters. The molecule has 27 heavy (non-hydrogen) atoms. The van der Waals surface area contributed by atoms with Crippen LogP contribution in [0.2, 0.25) is 0 Å². The number of rotatable bonds is 8. The van der Waals surface area contributed by atoms with Gasteiger partial charge in [-0.05, 0) is 31.2 Å². The van der Waals surface area contributed by atoms with Gasteiger partial charge < -0.3 is 19.5 Å². The second-order valence-electron chi connectivity index (χ2n) is 5.23. The van der Waals surface area contributed by atoms with Crippen molar-refractivity contribution in [2.45, 2.75) is 6.92 Å². The van der Waals surface area contributed by atoms with Gasteiger partial charge in [-0.1, -0.05) is 6.07 Å². The van der Waals surface area contributed by atoms with E-state index >= 15 is 0 Å². The van der Waals surface area contributed by atoms with Crippen LogP contribution in [-0.4, -0.2) is 37.1 Å². The van der Waals surface area contributed by atoms with Crippen molar-refractivity contribution in [1.29, 1.82) is 0 Å². The largest absolute Gasteiger partial charge is 0.497 e. The maximum atomic E-state index is 12.1. The minimum absolute atomic E-state index is 0.0508. The number of benzene rings is 2. The fourth-order valence-electron chi connectivity index (χ4n) is 2.18. The molecule has 9 nitrogen and oxygen atoms in total. The Labute approximate surface area is 155 Å². The molecule has 1 amide bonds. The van der Waals surface area contributed by atoms with Crippen molar-refractivity contribution < 1.29 is 28.7 Å². The molecule has 1 N–H and O–H groups in total. The molecule has 0 aliphatic heterocycles. The molecule has 2 rings (SSSR count). The normalized spacial score (nSPS) is 10.0. The van der Waals surface area contributed by atoms with Gasteiger partial charge in [0.15, 0.2) is 12.4 Å². The first kappa shape index (κ1) is 19.7.